The number of hydrogen-bond acceptors (Lipinski definition) is 6. The Hall–Kier alpha value is -3.62. The van der Waals surface area contributed by atoms with E-state index in [1.807, 2.05) is 50.0 Å². The van der Waals surface area contributed by atoms with E-state index in [1.54, 1.807) is 9.36 Å². The molecule has 0 aliphatic carbocycles. The number of hydrogen-bond donors (Lipinski definition) is 2. The summed E-state index contributed by atoms with van der Waals surface area (Å²) >= 11 is 0. The number of fused-ring (bicyclic) bond motifs is 2. The Morgan fingerprint density at radius 1 is 1.27 bits per heavy atom. The highest BCUT2D eigenvalue weighted by Crippen LogP contribution is 2.27. The number of aromatic nitrogens is 5. The van der Waals surface area contributed by atoms with Crippen LogP contribution < -0.4 is 15.5 Å². The van der Waals surface area contributed by atoms with E-state index in [9.17, 15) is 4.79 Å². The minimum atomic E-state index is 0.0216. The molecule has 0 fully saturated rings. The fraction of sp³-hybridized carbons (Fsp3) is 0.176. The van der Waals surface area contributed by atoms with Gasteiger partial charge in [-0.25, -0.2) is 4.68 Å². The Morgan fingerprint density at radius 3 is 3.04 bits per heavy atom. The van der Waals surface area contributed by atoms with Gasteiger partial charge >= 0.3 is 0 Å². The second-order valence-electron chi connectivity index (χ2n) is 6.32. The van der Waals surface area contributed by atoms with E-state index < -0.39 is 0 Å². The molecule has 0 radical (unpaired) electrons. The van der Waals surface area contributed by atoms with Gasteiger partial charge in [-0.15, -0.1) is 5.10 Å². The van der Waals surface area contributed by atoms with E-state index in [1.165, 1.54) is 0 Å². The number of nitrogens with one attached hydrogen (secondary N) is 2. The zero-order chi connectivity index (χ0) is 17.7. The van der Waals surface area contributed by atoms with Crippen LogP contribution in [0.4, 0.5) is 23.0 Å². The fourth-order valence-corrected chi connectivity index (χ4v) is 3.15. The Balaban J connectivity index is 1.36. The van der Waals surface area contributed by atoms with Crippen LogP contribution in [0.15, 0.2) is 36.8 Å². The summed E-state index contributed by atoms with van der Waals surface area (Å²) in [6.45, 7) is 0.611. The lowest BCUT2D eigenvalue weighted by Crippen LogP contribution is -2.21. The van der Waals surface area contributed by atoms with E-state index in [0.717, 1.165) is 28.5 Å². The summed E-state index contributed by atoms with van der Waals surface area (Å²) in [5.41, 5.74) is 3.71. The number of carbonyl (C=O) groups excluding carboxylic acids is 1. The average molecular weight is 348 g/mol. The van der Waals surface area contributed by atoms with Gasteiger partial charge in [0.15, 0.2) is 5.82 Å². The highest BCUT2D eigenvalue weighted by atomic mass is 16.1. The van der Waals surface area contributed by atoms with E-state index in [2.05, 4.69) is 30.7 Å². The Bertz CT molecular complexity index is 1050. The van der Waals surface area contributed by atoms with Crippen molar-refractivity contribution in [3.8, 4) is 0 Å². The monoisotopic (exact) mass is 348 g/mol. The molecule has 0 saturated carbocycles. The largest absolute Gasteiger partial charge is 0.336 e. The third-order valence-electron chi connectivity index (χ3n) is 4.41. The molecule has 130 valence electrons. The minimum absolute atomic E-state index is 0.0216. The number of carbonyl (C=O) groups is 1. The highest BCUT2D eigenvalue weighted by Gasteiger charge is 2.19. The summed E-state index contributed by atoms with van der Waals surface area (Å²) in [4.78, 5) is 18.1. The topological polar surface area (TPSA) is 92.9 Å². The van der Waals surface area contributed by atoms with Crippen molar-refractivity contribution in [2.75, 3.05) is 15.5 Å². The zero-order valence-corrected chi connectivity index (χ0v) is 14.0. The number of benzene rings is 1. The fourth-order valence-electron chi connectivity index (χ4n) is 3.15. The molecule has 26 heavy (non-hydrogen) atoms. The van der Waals surface area contributed by atoms with E-state index in [-0.39, 0.29) is 5.91 Å². The molecule has 9 heteroatoms. The standard InChI is InChI=1S/C17H16N8O/c1-23-9-13(8-18-23)24-4-5-25-15(10-24)21-17(22-25)19-12-2-3-14-11(6-12)7-16(26)20-14/h2-6,8-9H,7,10H2,1H3,(H,19,22)(H,20,26). The van der Waals surface area contributed by atoms with Gasteiger partial charge in [0.1, 0.15) is 0 Å². The zero-order valence-electron chi connectivity index (χ0n) is 14.0. The quantitative estimate of drug-likeness (QED) is 0.748. The molecule has 2 aliphatic heterocycles. The van der Waals surface area contributed by atoms with Gasteiger partial charge in [-0.1, -0.05) is 0 Å². The van der Waals surface area contributed by atoms with Crippen molar-refractivity contribution in [3.63, 3.8) is 0 Å². The molecule has 0 unspecified atom stereocenters. The summed E-state index contributed by atoms with van der Waals surface area (Å²) in [7, 11) is 1.89. The number of anilines is 4. The first-order valence-corrected chi connectivity index (χ1v) is 8.23. The summed E-state index contributed by atoms with van der Waals surface area (Å²) in [6, 6.07) is 5.75. The SMILES string of the molecule is Cn1cc(N2C=Cn3nc(Nc4ccc5c(c4)CC(=O)N5)nc3C2)cn1. The summed E-state index contributed by atoms with van der Waals surface area (Å²) in [6.07, 6.45) is 8.00. The number of aryl methyl sites for hydroxylation is 1. The van der Waals surface area contributed by atoms with Gasteiger partial charge in [-0.3, -0.25) is 9.48 Å². The molecule has 2 N–H and O–H groups in total. The molecule has 0 spiro atoms. The van der Waals surface area contributed by atoms with Crippen LogP contribution in [0.2, 0.25) is 0 Å². The first kappa shape index (κ1) is 14.7. The Labute approximate surface area is 148 Å². The third-order valence-corrected chi connectivity index (χ3v) is 4.41. The lowest BCUT2D eigenvalue weighted by Gasteiger charge is -2.20. The summed E-state index contributed by atoms with van der Waals surface area (Å²) < 4.78 is 3.52. The predicted molar refractivity (Wildman–Crippen MR) is 96.8 cm³/mol. The molecular weight excluding hydrogens is 332 g/mol. The lowest BCUT2D eigenvalue weighted by molar-refractivity contribution is -0.115. The molecule has 3 aromatic rings. The molecule has 4 heterocycles. The van der Waals surface area contributed by atoms with Crippen molar-refractivity contribution < 1.29 is 4.79 Å². The predicted octanol–water partition coefficient (Wildman–Crippen LogP) is 1.70. The molecule has 2 aliphatic rings. The molecule has 0 bridgehead atoms. The van der Waals surface area contributed by atoms with E-state index in [4.69, 9.17) is 0 Å². The lowest BCUT2D eigenvalue weighted by atomic mass is 10.1. The molecule has 5 rings (SSSR count). The molecule has 2 aromatic heterocycles. The minimum Gasteiger partial charge on any atom is -0.336 e. The van der Waals surface area contributed by atoms with Crippen molar-refractivity contribution in [3.05, 3.63) is 48.2 Å². The van der Waals surface area contributed by atoms with Gasteiger partial charge in [0.05, 0.1) is 24.8 Å². The van der Waals surface area contributed by atoms with Gasteiger partial charge in [0, 0.05) is 37.0 Å². The maximum Gasteiger partial charge on any atom is 0.247 e. The van der Waals surface area contributed by atoms with E-state index in [0.29, 0.717) is 18.9 Å². The van der Waals surface area contributed by atoms with Crippen LogP contribution in [0.1, 0.15) is 11.4 Å². The first-order chi connectivity index (χ1) is 12.6. The van der Waals surface area contributed by atoms with Gasteiger partial charge < -0.3 is 15.5 Å². The van der Waals surface area contributed by atoms with Crippen molar-refractivity contribution in [2.45, 2.75) is 13.0 Å². The van der Waals surface area contributed by atoms with Gasteiger partial charge in [0.25, 0.3) is 0 Å². The molecular formula is C17H16N8O. The van der Waals surface area contributed by atoms with Gasteiger partial charge in [-0.05, 0) is 23.8 Å². The molecule has 1 aromatic carbocycles. The highest BCUT2D eigenvalue weighted by molar-refractivity contribution is 5.99. The van der Waals surface area contributed by atoms with Crippen LogP contribution in [0.25, 0.3) is 6.20 Å². The number of amides is 1. The van der Waals surface area contributed by atoms with Crippen LogP contribution in [0, 0.1) is 0 Å². The second kappa shape index (κ2) is 5.45. The van der Waals surface area contributed by atoms with Crippen molar-refractivity contribution in [1.82, 2.24) is 24.5 Å². The number of nitrogens with zero attached hydrogens (tertiary/aromatic N) is 6. The van der Waals surface area contributed by atoms with Gasteiger partial charge in [0.2, 0.25) is 11.9 Å². The normalized spacial score (nSPS) is 15.0. The summed E-state index contributed by atoms with van der Waals surface area (Å²) in [5.74, 6) is 1.38. The van der Waals surface area contributed by atoms with Crippen molar-refractivity contribution >= 4 is 35.1 Å². The summed E-state index contributed by atoms with van der Waals surface area (Å²) in [5, 5.41) is 14.7. The Kier molecular flexibility index (Phi) is 3.08. The van der Waals surface area contributed by atoms with Crippen molar-refractivity contribution in [1.29, 1.82) is 0 Å². The molecule has 0 atom stereocenters. The van der Waals surface area contributed by atoms with Crippen LogP contribution in [0.5, 0.6) is 0 Å². The maximum absolute atomic E-state index is 11.5. The smallest absolute Gasteiger partial charge is 0.247 e. The first-order valence-electron chi connectivity index (χ1n) is 8.23. The van der Waals surface area contributed by atoms with Gasteiger partial charge in [-0.2, -0.15) is 10.1 Å². The molecule has 9 nitrogen and oxygen atoms in total. The third kappa shape index (κ3) is 2.50. The molecule has 1 amide bonds. The van der Waals surface area contributed by atoms with Crippen LogP contribution in [-0.2, 0) is 24.8 Å². The Morgan fingerprint density at radius 2 is 2.19 bits per heavy atom. The average Bonchev–Trinajstić information content (AvgIpc) is 3.30. The van der Waals surface area contributed by atoms with Crippen LogP contribution in [-0.4, -0.2) is 30.5 Å². The maximum atomic E-state index is 11.5. The van der Waals surface area contributed by atoms with Crippen LogP contribution in [0.3, 0.4) is 0 Å². The number of rotatable bonds is 3. The molecule has 0 saturated heterocycles. The van der Waals surface area contributed by atoms with E-state index >= 15 is 0 Å². The van der Waals surface area contributed by atoms with Crippen LogP contribution >= 0.6 is 0 Å². The van der Waals surface area contributed by atoms with Crippen molar-refractivity contribution in [2.24, 2.45) is 7.05 Å². The second-order valence-corrected chi connectivity index (χ2v) is 6.32.